The second kappa shape index (κ2) is 8.22. The molecule has 2 N–H and O–H groups in total. The molecule has 1 heterocycles. The largest absolute Gasteiger partial charge is 0.497 e. The Balaban J connectivity index is 1.67. The standard InChI is InChI=1S/C24H25NO5/c1-30-17-8-6-15(7-9-17)20-12-16-10-11-25(22(24(28)29)13-23(26)27)14-21(16)19-5-3-2-4-18(19)20/h2-9,13,16,20-21H,10-12,14H2,1H3,(H,26,27)(H,28,29). The number of methoxy groups -OCH3 is 1. The summed E-state index contributed by atoms with van der Waals surface area (Å²) in [6, 6.07) is 16.6. The number of likely N-dealkylation sites (tertiary alicyclic amines) is 1. The Kier molecular flexibility index (Phi) is 5.48. The van der Waals surface area contributed by atoms with Gasteiger partial charge in [0.2, 0.25) is 0 Å². The van der Waals surface area contributed by atoms with E-state index in [4.69, 9.17) is 9.84 Å². The normalized spacial score (nSPS) is 23.3. The number of rotatable bonds is 5. The molecule has 0 aromatic heterocycles. The van der Waals surface area contributed by atoms with Crippen LogP contribution in [0, 0.1) is 5.92 Å². The van der Waals surface area contributed by atoms with Gasteiger partial charge in [-0.2, -0.15) is 0 Å². The van der Waals surface area contributed by atoms with Crippen molar-refractivity contribution in [1.82, 2.24) is 4.90 Å². The fourth-order valence-corrected chi connectivity index (χ4v) is 5.01. The van der Waals surface area contributed by atoms with E-state index >= 15 is 0 Å². The molecule has 30 heavy (non-hydrogen) atoms. The minimum atomic E-state index is -1.24. The zero-order chi connectivity index (χ0) is 21.3. The Morgan fingerprint density at radius 2 is 1.77 bits per heavy atom. The Morgan fingerprint density at radius 3 is 2.40 bits per heavy atom. The number of hydrogen-bond donors (Lipinski definition) is 2. The number of benzene rings is 2. The van der Waals surface area contributed by atoms with Crippen LogP contribution in [-0.2, 0) is 9.59 Å². The van der Waals surface area contributed by atoms with Crippen molar-refractivity contribution in [1.29, 1.82) is 0 Å². The third-order valence-electron chi connectivity index (χ3n) is 6.40. The molecule has 0 spiro atoms. The Hall–Kier alpha value is -3.28. The van der Waals surface area contributed by atoms with Gasteiger partial charge in [0.05, 0.1) is 13.2 Å². The lowest BCUT2D eigenvalue weighted by molar-refractivity contribution is -0.136. The molecule has 6 nitrogen and oxygen atoms in total. The summed E-state index contributed by atoms with van der Waals surface area (Å²) in [6.45, 7) is 1.06. The van der Waals surface area contributed by atoms with Crippen molar-refractivity contribution in [2.24, 2.45) is 5.92 Å². The van der Waals surface area contributed by atoms with E-state index in [9.17, 15) is 14.7 Å². The summed E-state index contributed by atoms with van der Waals surface area (Å²) in [4.78, 5) is 24.5. The molecule has 156 valence electrons. The lowest BCUT2D eigenvalue weighted by atomic mass is 9.66. The van der Waals surface area contributed by atoms with Crippen molar-refractivity contribution in [2.45, 2.75) is 24.7 Å². The van der Waals surface area contributed by atoms with Crippen LogP contribution in [0.1, 0.15) is 41.4 Å². The summed E-state index contributed by atoms with van der Waals surface area (Å²) < 4.78 is 5.29. The van der Waals surface area contributed by atoms with Gasteiger partial charge >= 0.3 is 11.9 Å². The summed E-state index contributed by atoms with van der Waals surface area (Å²) >= 11 is 0. The van der Waals surface area contributed by atoms with E-state index in [1.807, 2.05) is 24.3 Å². The zero-order valence-electron chi connectivity index (χ0n) is 16.8. The van der Waals surface area contributed by atoms with Crippen LogP contribution in [0.5, 0.6) is 5.75 Å². The van der Waals surface area contributed by atoms with Crippen molar-refractivity contribution in [3.8, 4) is 5.75 Å². The molecule has 6 heteroatoms. The van der Waals surface area contributed by atoms with Gasteiger partial charge < -0.3 is 19.8 Å². The zero-order valence-corrected chi connectivity index (χ0v) is 16.8. The maximum atomic E-state index is 11.6. The summed E-state index contributed by atoms with van der Waals surface area (Å²) in [5.74, 6) is -0.716. The van der Waals surface area contributed by atoms with Gasteiger partial charge in [0.1, 0.15) is 11.4 Å². The molecule has 1 saturated heterocycles. The first kappa shape index (κ1) is 20.0. The molecule has 3 atom stereocenters. The minimum absolute atomic E-state index is 0.143. The predicted octanol–water partition coefficient (Wildman–Crippen LogP) is 3.69. The first-order valence-electron chi connectivity index (χ1n) is 10.1. The van der Waals surface area contributed by atoms with Gasteiger partial charge in [0.15, 0.2) is 0 Å². The summed E-state index contributed by atoms with van der Waals surface area (Å²) in [7, 11) is 1.66. The highest BCUT2D eigenvalue weighted by molar-refractivity contribution is 5.94. The van der Waals surface area contributed by atoms with Gasteiger partial charge in [-0.05, 0) is 47.6 Å². The number of aliphatic carboxylic acids is 2. The van der Waals surface area contributed by atoms with Crippen molar-refractivity contribution in [2.75, 3.05) is 20.2 Å². The second-order valence-electron chi connectivity index (χ2n) is 7.96. The molecule has 2 aromatic rings. The van der Waals surface area contributed by atoms with Crippen LogP contribution in [0.3, 0.4) is 0 Å². The molecule has 0 amide bonds. The van der Waals surface area contributed by atoms with Crippen molar-refractivity contribution in [3.63, 3.8) is 0 Å². The average molecular weight is 407 g/mol. The maximum absolute atomic E-state index is 11.6. The lowest BCUT2D eigenvalue weighted by Gasteiger charge is -2.45. The summed E-state index contributed by atoms with van der Waals surface area (Å²) in [6.07, 6.45) is 2.63. The molecule has 3 unspecified atom stereocenters. The number of hydrogen-bond acceptors (Lipinski definition) is 4. The fourth-order valence-electron chi connectivity index (χ4n) is 5.01. The first-order valence-corrected chi connectivity index (χ1v) is 10.1. The number of piperidine rings is 1. The van der Waals surface area contributed by atoms with Gasteiger partial charge in [-0.1, -0.05) is 36.4 Å². The van der Waals surface area contributed by atoms with Crippen molar-refractivity contribution in [3.05, 3.63) is 77.0 Å². The van der Waals surface area contributed by atoms with E-state index in [-0.39, 0.29) is 17.5 Å². The van der Waals surface area contributed by atoms with Crippen molar-refractivity contribution >= 4 is 11.9 Å². The number of carboxylic acid groups (broad SMARTS) is 2. The molecular formula is C24H25NO5. The molecular weight excluding hydrogens is 382 g/mol. The maximum Gasteiger partial charge on any atom is 0.352 e. The third-order valence-corrected chi connectivity index (χ3v) is 6.40. The smallest absolute Gasteiger partial charge is 0.352 e. The molecule has 4 rings (SSSR count). The van der Waals surface area contributed by atoms with Gasteiger partial charge in [-0.25, -0.2) is 9.59 Å². The van der Waals surface area contributed by atoms with Gasteiger partial charge in [0, 0.05) is 24.9 Å². The van der Waals surface area contributed by atoms with E-state index in [1.165, 1.54) is 16.7 Å². The van der Waals surface area contributed by atoms with Gasteiger partial charge in [-0.15, -0.1) is 0 Å². The molecule has 0 bridgehead atoms. The lowest BCUT2D eigenvalue weighted by Crippen LogP contribution is -2.43. The second-order valence-corrected chi connectivity index (χ2v) is 7.96. The average Bonchev–Trinajstić information content (AvgIpc) is 2.76. The van der Waals surface area contributed by atoms with E-state index in [2.05, 4.69) is 24.3 Å². The van der Waals surface area contributed by atoms with Crippen molar-refractivity contribution < 1.29 is 24.5 Å². The SMILES string of the molecule is COc1ccc(C2CC3CCN(C(=CC(=O)O)C(=O)O)CC3c3ccccc32)cc1. The number of fused-ring (bicyclic) bond motifs is 3. The Labute approximate surface area is 175 Å². The molecule has 2 aromatic carbocycles. The van der Waals surface area contributed by atoms with Crippen LogP contribution >= 0.6 is 0 Å². The summed E-state index contributed by atoms with van der Waals surface area (Å²) in [5.41, 5.74) is 3.61. The van der Waals surface area contributed by atoms with Gasteiger partial charge in [-0.3, -0.25) is 0 Å². The number of carbonyl (C=O) groups is 2. The van der Waals surface area contributed by atoms with E-state index < -0.39 is 11.9 Å². The first-order chi connectivity index (χ1) is 14.5. The topological polar surface area (TPSA) is 87.1 Å². The van der Waals surface area contributed by atoms with Gasteiger partial charge in [0.25, 0.3) is 0 Å². The quantitative estimate of drug-likeness (QED) is 0.735. The highest BCUT2D eigenvalue weighted by atomic mass is 16.5. The molecule has 0 radical (unpaired) electrons. The number of nitrogens with zero attached hydrogens (tertiary/aromatic N) is 1. The molecule has 1 aliphatic carbocycles. The van der Waals surface area contributed by atoms with E-state index in [1.54, 1.807) is 12.0 Å². The molecule has 1 fully saturated rings. The van der Waals surface area contributed by atoms with Crippen LogP contribution < -0.4 is 4.74 Å². The van der Waals surface area contributed by atoms with Crippen LogP contribution in [0.15, 0.2) is 60.3 Å². The Morgan fingerprint density at radius 1 is 1.07 bits per heavy atom. The minimum Gasteiger partial charge on any atom is -0.497 e. The fraction of sp³-hybridized carbons (Fsp3) is 0.333. The Bertz CT molecular complexity index is 981. The van der Waals surface area contributed by atoms with Crippen LogP contribution in [0.2, 0.25) is 0 Å². The third kappa shape index (κ3) is 3.77. The number of ether oxygens (including phenoxy) is 1. The molecule has 1 aliphatic heterocycles. The van der Waals surface area contributed by atoms with E-state index in [0.717, 1.165) is 24.7 Å². The van der Waals surface area contributed by atoms with Crippen LogP contribution in [-0.4, -0.2) is 47.3 Å². The van der Waals surface area contributed by atoms with E-state index in [0.29, 0.717) is 19.0 Å². The molecule has 0 saturated carbocycles. The monoisotopic (exact) mass is 407 g/mol. The predicted molar refractivity (Wildman–Crippen MR) is 112 cm³/mol. The van der Waals surface area contributed by atoms with Crippen LogP contribution in [0.4, 0.5) is 0 Å². The summed E-state index contributed by atoms with van der Waals surface area (Å²) in [5, 5.41) is 18.6. The van der Waals surface area contributed by atoms with Crippen LogP contribution in [0.25, 0.3) is 0 Å². The number of carboxylic acids is 2. The molecule has 2 aliphatic rings. The highest BCUT2D eigenvalue weighted by Crippen LogP contribution is 2.49. The highest BCUT2D eigenvalue weighted by Gasteiger charge is 2.40.